The number of H-pyrrole nitrogens is 1. The monoisotopic (exact) mass is 299 g/mol. The number of fused-ring (bicyclic) bond motifs is 1. The number of aryl methyl sites for hydroxylation is 1. The molecule has 0 bridgehead atoms. The molecule has 0 saturated carbocycles. The minimum absolute atomic E-state index is 0.0655. The predicted molar refractivity (Wildman–Crippen MR) is 78.2 cm³/mol. The fourth-order valence-corrected chi connectivity index (χ4v) is 3.54. The summed E-state index contributed by atoms with van der Waals surface area (Å²) < 4.78 is 25.6. The fraction of sp³-hybridized carbons (Fsp3) is 0.615. The highest BCUT2D eigenvalue weighted by molar-refractivity contribution is 7.89. The summed E-state index contributed by atoms with van der Waals surface area (Å²) in [5.74, 6) is 0.0655. The van der Waals surface area contributed by atoms with Crippen molar-refractivity contribution in [1.82, 2.24) is 15.0 Å². The van der Waals surface area contributed by atoms with Gasteiger partial charge in [0.2, 0.25) is 15.6 Å². The van der Waals surface area contributed by atoms with Crippen molar-refractivity contribution in [2.75, 3.05) is 18.8 Å². The largest absolute Gasteiger partial charge is 0.326 e. The van der Waals surface area contributed by atoms with E-state index >= 15 is 0 Å². The second kappa shape index (κ2) is 6.51. The van der Waals surface area contributed by atoms with Crippen molar-refractivity contribution in [2.45, 2.75) is 32.2 Å². The lowest BCUT2D eigenvalue weighted by atomic mass is 9.91. The van der Waals surface area contributed by atoms with Crippen LogP contribution in [0.15, 0.2) is 16.9 Å². The van der Waals surface area contributed by atoms with E-state index in [1.54, 1.807) is 6.92 Å². The minimum Gasteiger partial charge on any atom is -0.326 e. The Morgan fingerprint density at radius 1 is 1.40 bits per heavy atom. The topological polar surface area (TPSA) is 91.1 Å². The molecule has 1 unspecified atom stereocenters. The lowest BCUT2D eigenvalue weighted by molar-refractivity contribution is 0.464. The molecule has 0 aromatic carbocycles. The number of pyridine rings is 1. The number of hydrogen-bond acceptors (Lipinski definition) is 4. The molecule has 0 aliphatic heterocycles. The van der Waals surface area contributed by atoms with Crippen LogP contribution >= 0.6 is 0 Å². The van der Waals surface area contributed by atoms with Crippen LogP contribution in [-0.2, 0) is 16.4 Å². The van der Waals surface area contributed by atoms with Crippen molar-refractivity contribution in [3.05, 3.63) is 33.7 Å². The van der Waals surface area contributed by atoms with Gasteiger partial charge in [0.25, 0.3) is 0 Å². The first kappa shape index (κ1) is 15.2. The van der Waals surface area contributed by atoms with Crippen molar-refractivity contribution in [2.24, 2.45) is 0 Å². The molecular formula is C13H21N3O3S. The second-order valence-corrected chi connectivity index (χ2v) is 6.90. The first-order valence-corrected chi connectivity index (χ1v) is 8.60. The summed E-state index contributed by atoms with van der Waals surface area (Å²) in [5.41, 5.74) is 1.96. The number of nitrogens with one attached hydrogen (secondary N) is 3. The average Bonchev–Trinajstić information content (AvgIpc) is 2.38. The summed E-state index contributed by atoms with van der Waals surface area (Å²) in [6.45, 7) is 2.58. The van der Waals surface area contributed by atoms with Gasteiger partial charge in [-0.1, -0.05) is 13.0 Å². The number of aromatic nitrogens is 1. The summed E-state index contributed by atoms with van der Waals surface area (Å²) in [7, 11) is -3.19. The zero-order chi connectivity index (χ0) is 14.6. The van der Waals surface area contributed by atoms with Crippen molar-refractivity contribution >= 4 is 10.0 Å². The molecule has 0 fully saturated rings. The zero-order valence-electron chi connectivity index (χ0n) is 11.6. The molecule has 20 heavy (non-hydrogen) atoms. The summed E-state index contributed by atoms with van der Waals surface area (Å²) in [6, 6.07) is 3.48. The van der Waals surface area contributed by atoms with Crippen LogP contribution in [0, 0.1) is 0 Å². The number of hydrogen-bond donors (Lipinski definition) is 3. The Hall–Kier alpha value is -1.18. The highest BCUT2D eigenvalue weighted by Crippen LogP contribution is 2.27. The molecule has 7 heteroatoms. The van der Waals surface area contributed by atoms with Crippen LogP contribution < -0.4 is 15.6 Å². The Kier molecular flexibility index (Phi) is 4.95. The Bertz CT molecular complexity index is 610. The van der Waals surface area contributed by atoms with Crippen molar-refractivity contribution in [3.8, 4) is 0 Å². The standard InChI is InChI=1S/C13H21N3O3S/c1-2-15-20(18,19)9-8-14-11-4-3-5-12-10(11)6-7-13(17)16-12/h6-7,11,14-15H,2-5,8-9H2,1H3,(H,16,17). The molecule has 1 heterocycles. The van der Waals surface area contributed by atoms with E-state index in [1.807, 2.05) is 6.07 Å². The lowest BCUT2D eigenvalue weighted by Gasteiger charge is -2.26. The Morgan fingerprint density at radius 2 is 2.20 bits per heavy atom. The first-order valence-electron chi connectivity index (χ1n) is 6.94. The van der Waals surface area contributed by atoms with Gasteiger partial charge < -0.3 is 10.3 Å². The molecular weight excluding hydrogens is 278 g/mol. The van der Waals surface area contributed by atoms with E-state index in [0.29, 0.717) is 13.1 Å². The van der Waals surface area contributed by atoms with Crippen LogP contribution in [0.1, 0.15) is 37.1 Å². The molecule has 1 atom stereocenters. The summed E-state index contributed by atoms with van der Waals surface area (Å²) in [5, 5.41) is 3.27. The minimum atomic E-state index is -3.19. The molecule has 3 N–H and O–H groups in total. The third-order valence-corrected chi connectivity index (χ3v) is 4.93. The average molecular weight is 299 g/mol. The van der Waals surface area contributed by atoms with Gasteiger partial charge in [-0.2, -0.15) is 0 Å². The molecule has 1 aromatic heterocycles. The Morgan fingerprint density at radius 3 is 2.95 bits per heavy atom. The van der Waals surface area contributed by atoms with Gasteiger partial charge in [0.15, 0.2) is 0 Å². The van der Waals surface area contributed by atoms with Crippen molar-refractivity contribution < 1.29 is 8.42 Å². The van der Waals surface area contributed by atoms with E-state index < -0.39 is 10.0 Å². The van der Waals surface area contributed by atoms with Gasteiger partial charge in [-0.15, -0.1) is 0 Å². The molecule has 112 valence electrons. The van der Waals surface area contributed by atoms with Gasteiger partial charge in [0.05, 0.1) is 5.75 Å². The Balaban J connectivity index is 1.97. The first-order chi connectivity index (χ1) is 9.52. The van der Waals surface area contributed by atoms with E-state index in [9.17, 15) is 13.2 Å². The third-order valence-electron chi connectivity index (χ3n) is 3.46. The van der Waals surface area contributed by atoms with Crippen LogP contribution in [0.5, 0.6) is 0 Å². The molecule has 1 aliphatic carbocycles. The van der Waals surface area contributed by atoms with Crippen molar-refractivity contribution in [3.63, 3.8) is 0 Å². The van der Waals surface area contributed by atoms with Gasteiger partial charge in [-0.05, 0) is 24.8 Å². The van der Waals surface area contributed by atoms with E-state index in [1.165, 1.54) is 6.07 Å². The molecule has 1 aliphatic rings. The van der Waals surface area contributed by atoms with E-state index in [2.05, 4.69) is 15.0 Å². The molecule has 0 radical (unpaired) electrons. The molecule has 2 rings (SSSR count). The lowest BCUT2D eigenvalue weighted by Crippen LogP contribution is -2.34. The smallest absolute Gasteiger partial charge is 0.248 e. The van der Waals surface area contributed by atoms with Crippen LogP contribution in [-0.4, -0.2) is 32.2 Å². The van der Waals surface area contributed by atoms with Crippen LogP contribution in [0.4, 0.5) is 0 Å². The maximum Gasteiger partial charge on any atom is 0.248 e. The molecule has 1 aromatic rings. The third kappa shape index (κ3) is 3.91. The molecule has 6 nitrogen and oxygen atoms in total. The fourth-order valence-electron chi connectivity index (χ4n) is 2.57. The zero-order valence-corrected chi connectivity index (χ0v) is 12.4. The predicted octanol–water partition coefficient (Wildman–Crippen LogP) is 0.281. The quantitative estimate of drug-likeness (QED) is 0.704. The summed E-state index contributed by atoms with van der Waals surface area (Å²) in [4.78, 5) is 14.2. The van der Waals surface area contributed by atoms with E-state index in [-0.39, 0.29) is 17.4 Å². The van der Waals surface area contributed by atoms with Crippen LogP contribution in [0.2, 0.25) is 0 Å². The van der Waals surface area contributed by atoms with Gasteiger partial charge in [0, 0.05) is 30.9 Å². The molecule has 0 spiro atoms. The normalized spacial score (nSPS) is 18.8. The second-order valence-electron chi connectivity index (χ2n) is 4.97. The summed E-state index contributed by atoms with van der Waals surface area (Å²) in [6.07, 6.45) is 2.82. The molecule has 0 amide bonds. The van der Waals surface area contributed by atoms with Crippen molar-refractivity contribution in [1.29, 1.82) is 0 Å². The van der Waals surface area contributed by atoms with Crippen LogP contribution in [0.25, 0.3) is 0 Å². The SMILES string of the molecule is CCNS(=O)(=O)CCNC1CCCc2[nH]c(=O)ccc21. The van der Waals surface area contributed by atoms with Gasteiger partial charge in [-0.3, -0.25) is 4.79 Å². The van der Waals surface area contributed by atoms with Gasteiger partial charge in [0.1, 0.15) is 0 Å². The summed E-state index contributed by atoms with van der Waals surface area (Å²) >= 11 is 0. The van der Waals surface area contributed by atoms with Gasteiger partial charge >= 0.3 is 0 Å². The molecule has 0 saturated heterocycles. The van der Waals surface area contributed by atoms with E-state index in [4.69, 9.17) is 0 Å². The van der Waals surface area contributed by atoms with Gasteiger partial charge in [-0.25, -0.2) is 13.1 Å². The number of rotatable bonds is 6. The maximum absolute atomic E-state index is 11.6. The Labute approximate surface area is 119 Å². The number of aromatic amines is 1. The maximum atomic E-state index is 11.6. The van der Waals surface area contributed by atoms with E-state index in [0.717, 1.165) is 30.5 Å². The highest BCUT2D eigenvalue weighted by Gasteiger charge is 2.20. The highest BCUT2D eigenvalue weighted by atomic mass is 32.2. The number of sulfonamides is 1. The van der Waals surface area contributed by atoms with Crippen LogP contribution in [0.3, 0.4) is 0 Å².